The fraction of sp³-hybridized carbons (Fsp3) is 0.464. The van der Waals surface area contributed by atoms with Crippen LogP contribution in [0.3, 0.4) is 0 Å². The van der Waals surface area contributed by atoms with E-state index >= 15 is 0 Å². The number of aliphatic hydroxyl groups excluding tert-OH is 1. The van der Waals surface area contributed by atoms with Crippen LogP contribution in [0.25, 0.3) is 11.3 Å². The van der Waals surface area contributed by atoms with Crippen LogP contribution in [0.1, 0.15) is 63.9 Å². The molecular formula is C28H35BN2O8. The van der Waals surface area contributed by atoms with Gasteiger partial charge >= 0.3 is 13.1 Å². The molecule has 0 bridgehead atoms. The highest BCUT2D eigenvalue weighted by Gasteiger charge is 2.52. The highest BCUT2D eigenvalue weighted by atomic mass is 16.6. The lowest BCUT2D eigenvalue weighted by atomic mass is 9.63. The first-order chi connectivity index (χ1) is 18.5. The van der Waals surface area contributed by atoms with Crippen LogP contribution in [0.2, 0.25) is 5.82 Å². The van der Waals surface area contributed by atoms with E-state index < -0.39 is 60.7 Å². The lowest BCUT2D eigenvalue weighted by Crippen LogP contribution is -2.55. The highest BCUT2D eigenvalue weighted by molar-refractivity contribution is 6.50. The largest absolute Gasteiger partial charge is 0.531 e. The van der Waals surface area contributed by atoms with Gasteiger partial charge in [-0.25, -0.2) is 9.78 Å². The van der Waals surface area contributed by atoms with Crippen molar-refractivity contribution in [1.29, 1.82) is 0 Å². The molecule has 2 aromatic rings. The maximum atomic E-state index is 13.4. The number of carbonyl (C=O) groups excluding carboxylic acids is 3. The summed E-state index contributed by atoms with van der Waals surface area (Å²) >= 11 is 0. The average molecular weight is 538 g/mol. The van der Waals surface area contributed by atoms with Crippen LogP contribution < -0.4 is 5.32 Å². The van der Waals surface area contributed by atoms with E-state index in [1.807, 2.05) is 44.2 Å². The van der Waals surface area contributed by atoms with Gasteiger partial charge in [0.1, 0.15) is 11.7 Å². The Kier molecular flexibility index (Phi) is 9.99. The summed E-state index contributed by atoms with van der Waals surface area (Å²) in [7, 11) is -1.26. The van der Waals surface area contributed by atoms with E-state index in [2.05, 4.69) is 10.3 Å². The fourth-order valence-corrected chi connectivity index (χ4v) is 4.67. The van der Waals surface area contributed by atoms with Crippen LogP contribution in [0, 0.1) is 5.92 Å². The summed E-state index contributed by atoms with van der Waals surface area (Å²) in [6.45, 7) is 6.81. The van der Waals surface area contributed by atoms with Gasteiger partial charge in [-0.05, 0) is 37.8 Å². The third-order valence-corrected chi connectivity index (χ3v) is 6.77. The molecule has 3 rings (SSSR count). The van der Waals surface area contributed by atoms with E-state index in [0.29, 0.717) is 12.1 Å². The molecule has 1 aromatic heterocycles. The maximum absolute atomic E-state index is 13.4. The second kappa shape index (κ2) is 13.0. The predicted octanol–water partition coefficient (Wildman–Crippen LogP) is 3.29. The molecule has 208 valence electrons. The minimum absolute atomic E-state index is 0.0394. The Labute approximate surface area is 228 Å². The molecule has 0 spiro atoms. The van der Waals surface area contributed by atoms with Gasteiger partial charge in [0, 0.05) is 17.8 Å². The molecule has 1 saturated heterocycles. The number of aliphatic carboxylic acids is 1. The summed E-state index contributed by atoms with van der Waals surface area (Å²) in [4.78, 5) is 55.2. The Hall–Kier alpha value is -3.57. The summed E-state index contributed by atoms with van der Waals surface area (Å²) < 4.78 is 11.2. The molecule has 1 unspecified atom stereocenters. The van der Waals surface area contributed by atoms with Gasteiger partial charge < -0.3 is 24.8 Å². The predicted molar refractivity (Wildman–Crippen MR) is 144 cm³/mol. The minimum Gasteiger partial charge on any atom is -0.509 e. The third-order valence-electron chi connectivity index (χ3n) is 6.77. The van der Waals surface area contributed by atoms with Crippen LogP contribution in [0.5, 0.6) is 0 Å². The van der Waals surface area contributed by atoms with Crippen molar-refractivity contribution in [2.24, 2.45) is 5.92 Å². The van der Waals surface area contributed by atoms with E-state index in [9.17, 15) is 29.4 Å². The Bertz CT molecular complexity index is 1190. The van der Waals surface area contributed by atoms with Crippen molar-refractivity contribution >= 4 is 30.7 Å². The molecular weight excluding hydrogens is 503 g/mol. The second-order valence-electron chi connectivity index (χ2n) is 10.3. The summed E-state index contributed by atoms with van der Waals surface area (Å²) in [6.07, 6.45) is -1.47. The molecule has 0 saturated carbocycles. The van der Waals surface area contributed by atoms with Crippen LogP contribution in [0.15, 0.2) is 48.5 Å². The lowest BCUT2D eigenvalue weighted by molar-refractivity contribution is -0.171. The molecule has 1 amide bonds. The monoisotopic (exact) mass is 538 g/mol. The molecule has 39 heavy (non-hydrogen) atoms. The van der Waals surface area contributed by atoms with Crippen molar-refractivity contribution in [3.63, 3.8) is 0 Å². The lowest BCUT2D eigenvalue weighted by Gasteiger charge is -2.38. The molecule has 1 fully saturated rings. The molecule has 4 atom stereocenters. The molecule has 1 aliphatic heterocycles. The first kappa shape index (κ1) is 30.0. The van der Waals surface area contributed by atoms with Gasteiger partial charge in [0.05, 0.1) is 18.2 Å². The van der Waals surface area contributed by atoms with Crippen LogP contribution in [0.4, 0.5) is 0 Å². The maximum Gasteiger partial charge on any atom is 0.531 e. The topological polar surface area (TPSA) is 152 Å². The first-order valence-electron chi connectivity index (χ1n) is 13.1. The smallest absolute Gasteiger partial charge is 0.509 e. The van der Waals surface area contributed by atoms with Crippen molar-refractivity contribution in [2.75, 3.05) is 0 Å². The zero-order chi connectivity index (χ0) is 28.7. The van der Waals surface area contributed by atoms with E-state index in [4.69, 9.17) is 9.31 Å². The molecule has 10 nitrogen and oxygen atoms in total. The normalized spacial score (nSPS) is 19.6. The van der Waals surface area contributed by atoms with Gasteiger partial charge in [-0.15, -0.1) is 0 Å². The highest BCUT2D eigenvalue weighted by Crippen LogP contribution is 2.36. The number of rotatable bonds is 12. The summed E-state index contributed by atoms with van der Waals surface area (Å²) in [6, 6.07) is 13.0. The van der Waals surface area contributed by atoms with Gasteiger partial charge in [-0.2, -0.15) is 0 Å². The number of Topliss-reactive ketones (excluding diaryl/α,β-unsaturated/α-hetero) is 1. The molecule has 0 aliphatic carbocycles. The van der Waals surface area contributed by atoms with Gasteiger partial charge in [0.15, 0.2) is 11.4 Å². The number of pyridine rings is 1. The quantitative estimate of drug-likeness (QED) is 0.346. The van der Waals surface area contributed by atoms with Gasteiger partial charge in [-0.3, -0.25) is 14.4 Å². The molecule has 2 heterocycles. The number of amides is 1. The Morgan fingerprint density at radius 3 is 2.38 bits per heavy atom. The van der Waals surface area contributed by atoms with Crippen molar-refractivity contribution in [3.8, 4) is 11.3 Å². The van der Waals surface area contributed by atoms with Crippen molar-refractivity contribution in [2.45, 2.75) is 76.9 Å². The van der Waals surface area contributed by atoms with Gasteiger partial charge in [-0.1, -0.05) is 57.2 Å². The molecule has 1 aliphatic rings. The van der Waals surface area contributed by atoms with Crippen molar-refractivity contribution in [1.82, 2.24) is 10.3 Å². The number of benzene rings is 1. The number of ketones is 1. The molecule has 0 radical (unpaired) electrons. The Balaban J connectivity index is 1.79. The van der Waals surface area contributed by atoms with E-state index in [1.165, 1.54) is 13.0 Å². The van der Waals surface area contributed by atoms with Gasteiger partial charge in [0.25, 0.3) is 11.9 Å². The summed E-state index contributed by atoms with van der Waals surface area (Å²) in [5.41, 5.74) is -0.272. The Morgan fingerprint density at radius 2 is 1.79 bits per heavy atom. The summed E-state index contributed by atoms with van der Waals surface area (Å²) in [5.74, 6) is -3.78. The number of aromatic nitrogens is 1. The van der Waals surface area contributed by atoms with Gasteiger partial charge in [0.2, 0.25) is 0 Å². The molecule has 3 N–H and O–H groups in total. The van der Waals surface area contributed by atoms with Crippen LogP contribution in [-0.4, -0.2) is 63.7 Å². The average Bonchev–Trinajstić information content (AvgIpc) is 2.90. The third kappa shape index (κ3) is 7.51. The second-order valence-corrected chi connectivity index (χ2v) is 10.3. The number of carboxylic acid groups (broad SMARTS) is 1. The number of nitrogens with one attached hydrogen (secondary N) is 1. The van der Waals surface area contributed by atoms with Crippen LogP contribution in [-0.2, 0) is 23.7 Å². The molecule has 11 heteroatoms. The zero-order valence-corrected chi connectivity index (χ0v) is 22.6. The van der Waals surface area contributed by atoms with Crippen molar-refractivity contribution in [3.05, 3.63) is 54.2 Å². The van der Waals surface area contributed by atoms with Crippen LogP contribution >= 0.6 is 0 Å². The first-order valence-corrected chi connectivity index (χ1v) is 13.1. The SMILES string of the molecule is CCC1(C(=O)O)CC(=O)OB([C@@H](CC(=O)[C@@H](NC(=O)c2cccc(-c3ccccc3)n2)[C@@H](C)O)CC(C)C)O1. The van der Waals surface area contributed by atoms with Crippen molar-refractivity contribution < 1.29 is 38.7 Å². The standard InChI is InChI=1S/C28H35BN2O8/c1-5-28(27(36)37)16-24(34)38-29(39-28)20(14-17(2)3)15-23(33)25(18(4)32)31-26(35)22-13-9-12-21(30-22)19-10-7-6-8-11-19/h6-13,17-18,20,25,32H,5,14-16H2,1-4H3,(H,31,35)(H,36,37)/t18-,20-,25+,28?/m1/s1. The van der Waals surface area contributed by atoms with E-state index in [1.54, 1.807) is 19.1 Å². The number of carbonyl (C=O) groups is 4. The number of nitrogens with zero attached hydrogens (tertiary/aromatic N) is 1. The Morgan fingerprint density at radius 1 is 1.10 bits per heavy atom. The number of hydrogen-bond acceptors (Lipinski definition) is 8. The zero-order valence-electron chi connectivity index (χ0n) is 22.6. The number of hydrogen-bond donors (Lipinski definition) is 3. The number of carboxylic acids is 1. The van der Waals surface area contributed by atoms with E-state index in [0.717, 1.165) is 5.56 Å². The molecule has 1 aromatic carbocycles. The summed E-state index contributed by atoms with van der Waals surface area (Å²) in [5, 5.41) is 22.7. The number of aliphatic hydroxyl groups is 1. The minimum atomic E-state index is -1.74. The van der Waals surface area contributed by atoms with E-state index in [-0.39, 0.29) is 24.5 Å². The fourth-order valence-electron chi connectivity index (χ4n) is 4.67.